The second kappa shape index (κ2) is 3.74. The number of carbonyl (C=O) groups is 1. The molecule has 0 saturated heterocycles. The summed E-state index contributed by atoms with van der Waals surface area (Å²) in [5.41, 5.74) is 0.856. The van der Waals surface area contributed by atoms with Gasteiger partial charge in [0.1, 0.15) is 0 Å². The van der Waals surface area contributed by atoms with Crippen LogP contribution in [-0.4, -0.2) is 13.2 Å². The fraction of sp³-hybridized carbons (Fsp3) is 0.364. The summed E-state index contributed by atoms with van der Waals surface area (Å²) in [4.78, 5) is 11.1. The van der Waals surface area contributed by atoms with Gasteiger partial charge in [-0.05, 0) is 30.5 Å². The summed E-state index contributed by atoms with van der Waals surface area (Å²) in [5, 5.41) is 3.55. The van der Waals surface area contributed by atoms with E-state index in [1.54, 1.807) is 0 Å². The van der Waals surface area contributed by atoms with Crippen molar-refractivity contribution < 1.29 is 9.53 Å². The number of amides is 1. The summed E-state index contributed by atoms with van der Waals surface area (Å²) in [6.07, 6.45) is 1.51. The van der Waals surface area contributed by atoms with E-state index >= 15 is 0 Å². The van der Waals surface area contributed by atoms with Crippen LogP contribution in [0.3, 0.4) is 0 Å². The van der Waals surface area contributed by atoms with Crippen LogP contribution in [0.15, 0.2) is 24.3 Å². The molecule has 1 aliphatic rings. The highest BCUT2D eigenvalue weighted by Gasteiger charge is 2.45. The first-order valence-corrected chi connectivity index (χ1v) is 5.16. The fourth-order valence-corrected chi connectivity index (χ4v) is 1.75. The quantitative estimate of drug-likeness (QED) is 0.841. The molecule has 1 amide bonds. The number of carbonyl (C=O) groups excluding carboxylic acids is 1. The van der Waals surface area contributed by atoms with E-state index in [9.17, 15) is 4.79 Å². The molecule has 1 saturated carbocycles. The lowest BCUT2D eigenvalue weighted by molar-refractivity contribution is 0.165. The van der Waals surface area contributed by atoms with Crippen LogP contribution in [-0.2, 0) is 10.3 Å². The van der Waals surface area contributed by atoms with Gasteiger partial charge in [-0.2, -0.15) is 0 Å². The number of alkyl carbamates (subject to hydrolysis) is 1. The zero-order chi connectivity index (χ0) is 10.9. The van der Waals surface area contributed by atoms with Gasteiger partial charge < -0.3 is 10.1 Å². The first-order chi connectivity index (χ1) is 7.16. The van der Waals surface area contributed by atoms with Gasteiger partial charge in [0.25, 0.3) is 0 Å². The zero-order valence-corrected chi connectivity index (χ0v) is 9.17. The number of benzene rings is 1. The van der Waals surface area contributed by atoms with E-state index in [2.05, 4.69) is 10.1 Å². The molecule has 0 bridgehead atoms. The van der Waals surface area contributed by atoms with Gasteiger partial charge in [0.05, 0.1) is 12.6 Å². The zero-order valence-electron chi connectivity index (χ0n) is 8.42. The second-order valence-corrected chi connectivity index (χ2v) is 4.14. The second-order valence-electron chi connectivity index (χ2n) is 3.71. The third kappa shape index (κ3) is 2.07. The van der Waals surface area contributed by atoms with E-state index in [0.717, 1.165) is 18.4 Å². The molecule has 0 spiro atoms. The maximum Gasteiger partial charge on any atom is 0.407 e. The van der Waals surface area contributed by atoms with Crippen LogP contribution >= 0.6 is 11.6 Å². The molecule has 0 aliphatic heterocycles. The van der Waals surface area contributed by atoms with Gasteiger partial charge in [0, 0.05) is 5.02 Å². The molecule has 1 aromatic carbocycles. The Morgan fingerprint density at radius 3 is 2.47 bits per heavy atom. The molecule has 15 heavy (non-hydrogen) atoms. The van der Waals surface area contributed by atoms with E-state index in [4.69, 9.17) is 11.6 Å². The van der Waals surface area contributed by atoms with E-state index in [0.29, 0.717) is 5.02 Å². The molecule has 1 aliphatic carbocycles. The Hall–Kier alpha value is -1.22. The smallest absolute Gasteiger partial charge is 0.407 e. The Balaban J connectivity index is 2.16. The van der Waals surface area contributed by atoms with Gasteiger partial charge in [-0.15, -0.1) is 0 Å². The van der Waals surface area contributed by atoms with Crippen LogP contribution in [0, 0.1) is 0 Å². The van der Waals surface area contributed by atoms with Crippen molar-refractivity contribution in [1.29, 1.82) is 0 Å². The molecule has 0 heterocycles. The number of halogens is 1. The van der Waals surface area contributed by atoms with Crippen molar-refractivity contribution >= 4 is 17.7 Å². The van der Waals surface area contributed by atoms with E-state index < -0.39 is 0 Å². The summed E-state index contributed by atoms with van der Waals surface area (Å²) < 4.78 is 4.60. The minimum atomic E-state index is -0.387. The van der Waals surface area contributed by atoms with Gasteiger partial charge in [-0.1, -0.05) is 23.7 Å². The molecule has 80 valence electrons. The topological polar surface area (TPSA) is 38.3 Å². The fourth-order valence-electron chi connectivity index (χ4n) is 1.63. The lowest BCUT2D eigenvalue weighted by Gasteiger charge is -2.16. The van der Waals surface area contributed by atoms with Crippen molar-refractivity contribution in [1.82, 2.24) is 5.32 Å². The van der Waals surface area contributed by atoms with Crippen LogP contribution in [0.1, 0.15) is 18.4 Å². The highest BCUT2D eigenvalue weighted by atomic mass is 35.5. The summed E-state index contributed by atoms with van der Waals surface area (Å²) >= 11 is 5.80. The van der Waals surface area contributed by atoms with Crippen molar-refractivity contribution in [2.45, 2.75) is 18.4 Å². The normalized spacial score (nSPS) is 16.9. The summed E-state index contributed by atoms with van der Waals surface area (Å²) in [7, 11) is 1.37. The van der Waals surface area contributed by atoms with Crippen molar-refractivity contribution in [2.75, 3.05) is 7.11 Å². The number of hydrogen-bond acceptors (Lipinski definition) is 2. The Bertz CT molecular complexity index is 371. The molecular weight excluding hydrogens is 214 g/mol. The average Bonchev–Trinajstić information content (AvgIpc) is 3.00. The van der Waals surface area contributed by atoms with Crippen LogP contribution in [0.5, 0.6) is 0 Å². The molecule has 0 radical (unpaired) electrons. The van der Waals surface area contributed by atoms with Gasteiger partial charge in [-0.3, -0.25) is 0 Å². The highest BCUT2D eigenvalue weighted by molar-refractivity contribution is 6.30. The third-order valence-electron chi connectivity index (χ3n) is 2.67. The van der Waals surface area contributed by atoms with Gasteiger partial charge >= 0.3 is 6.09 Å². The number of hydrogen-bond donors (Lipinski definition) is 1. The Labute approximate surface area is 93.4 Å². The maximum atomic E-state index is 11.1. The van der Waals surface area contributed by atoms with Crippen LogP contribution in [0.2, 0.25) is 5.02 Å². The number of methoxy groups -OCH3 is 1. The Morgan fingerprint density at radius 2 is 2.00 bits per heavy atom. The van der Waals surface area contributed by atoms with Crippen molar-refractivity contribution in [3.8, 4) is 0 Å². The van der Waals surface area contributed by atoms with Gasteiger partial charge in [0.15, 0.2) is 0 Å². The van der Waals surface area contributed by atoms with E-state index in [-0.39, 0.29) is 11.6 Å². The predicted octanol–water partition coefficient (Wildman–Crippen LogP) is 2.69. The molecule has 1 N–H and O–H groups in total. The molecule has 0 atom stereocenters. The van der Waals surface area contributed by atoms with Crippen LogP contribution < -0.4 is 5.32 Å². The molecule has 0 aromatic heterocycles. The predicted molar refractivity (Wildman–Crippen MR) is 57.9 cm³/mol. The minimum Gasteiger partial charge on any atom is -0.453 e. The van der Waals surface area contributed by atoms with Crippen molar-refractivity contribution in [3.63, 3.8) is 0 Å². The molecule has 0 unspecified atom stereocenters. The summed E-state index contributed by atoms with van der Waals surface area (Å²) in [6.45, 7) is 0. The molecule has 1 fully saturated rings. The Morgan fingerprint density at radius 1 is 1.40 bits per heavy atom. The lowest BCUT2D eigenvalue weighted by Crippen LogP contribution is -2.34. The summed E-state index contributed by atoms with van der Waals surface area (Å²) in [5.74, 6) is 0. The molecular formula is C11H12ClNO2. The minimum absolute atomic E-state index is 0.225. The number of nitrogens with one attached hydrogen (secondary N) is 1. The standard InChI is InChI=1S/C11H12ClNO2/c1-15-10(14)13-11(6-7-11)8-2-4-9(12)5-3-8/h2-5H,6-7H2,1H3,(H,13,14). The summed E-state index contributed by atoms with van der Waals surface area (Å²) in [6, 6.07) is 7.53. The van der Waals surface area contributed by atoms with Crippen LogP contribution in [0.25, 0.3) is 0 Å². The first kappa shape index (κ1) is 10.3. The number of rotatable bonds is 2. The molecule has 3 nitrogen and oxygen atoms in total. The van der Waals surface area contributed by atoms with Crippen molar-refractivity contribution in [2.24, 2.45) is 0 Å². The average molecular weight is 226 g/mol. The van der Waals surface area contributed by atoms with Gasteiger partial charge in [-0.25, -0.2) is 4.79 Å². The largest absolute Gasteiger partial charge is 0.453 e. The molecule has 4 heteroatoms. The monoisotopic (exact) mass is 225 g/mol. The SMILES string of the molecule is COC(=O)NC1(c2ccc(Cl)cc2)CC1. The maximum absolute atomic E-state index is 11.1. The van der Waals surface area contributed by atoms with Crippen LogP contribution in [0.4, 0.5) is 4.79 Å². The highest BCUT2D eigenvalue weighted by Crippen LogP contribution is 2.45. The van der Waals surface area contributed by atoms with E-state index in [1.807, 2.05) is 24.3 Å². The first-order valence-electron chi connectivity index (χ1n) is 4.78. The molecule has 2 rings (SSSR count). The number of ether oxygens (including phenoxy) is 1. The Kier molecular flexibility index (Phi) is 2.57. The van der Waals surface area contributed by atoms with Gasteiger partial charge in [0.2, 0.25) is 0 Å². The molecule has 1 aromatic rings. The third-order valence-corrected chi connectivity index (χ3v) is 2.93. The van der Waals surface area contributed by atoms with Crippen molar-refractivity contribution in [3.05, 3.63) is 34.9 Å². The van der Waals surface area contributed by atoms with E-state index in [1.165, 1.54) is 7.11 Å². The lowest BCUT2D eigenvalue weighted by atomic mass is 10.1.